The lowest BCUT2D eigenvalue weighted by Crippen LogP contribution is -2.52. The maximum Gasteiger partial charge on any atom is 0.325 e. The van der Waals surface area contributed by atoms with Gasteiger partial charge in [-0.2, -0.15) is 0 Å². The zero-order valence-electron chi connectivity index (χ0n) is 26.7. The van der Waals surface area contributed by atoms with Gasteiger partial charge in [0.2, 0.25) is 0 Å². The van der Waals surface area contributed by atoms with Crippen molar-refractivity contribution in [2.24, 2.45) is 5.92 Å². The quantitative estimate of drug-likeness (QED) is 0.237. The molecule has 0 spiro atoms. The Morgan fingerprint density at radius 3 is 2.00 bits per heavy atom. The number of ether oxygens (including phenoxy) is 3. The Morgan fingerprint density at radius 2 is 1.50 bits per heavy atom. The van der Waals surface area contributed by atoms with E-state index in [1.54, 1.807) is 0 Å². The number of hydrogen-bond acceptors (Lipinski definition) is 6. The second kappa shape index (κ2) is 13.4. The maximum atomic E-state index is 13.4. The van der Waals surface area contributed by atoms with Gasteiger partial charge in [0.15, 0.2) is 5.92 Å². The number of piperidine rings is 1. The van der Waals surface area contributed by atoms with Gasteiger partial charge in [-0.1, -0.05) is 30.7 Å². The molecule has 0 unspecified atom stereocenters. The second-order valence-corrected chi connectivity index (χ2v) is 14.4. The zero-order chi connectivity index (χ0) is 29.7. The minimum atomic E-state index is -1.10. The second-order valence-electron chi connectivity index (χ2n) is 14.4. The minimum absolute atomic E-state index is 0.254. The van der Waals surface area contributed by atoms with Crippen LogP contribution in [-0.4, -0.2) is 59.4 Å². The first-order valence-electron chi connectivity index (χ1n) is 15.5. The Bertz CT molecular complexity index is 961. The maximum absolute atomic E-state index is 13.4. The molecule has 1 aliphatic heterocycles. The van der Waals surface area contributed by atoms with Crippen LogP contribution in [0.2, 0.25) is 0 Å². The number of carbonyl (C=O) groups excluding carboxylic acids is 2. The molecule has 2 fully saturated rings. The van der Waals surface area contributed by atoms with Crippen molar-refractivity contribution in [2.45, 2.75) is 142 Å². The molecule has 1 heterocycles. The molecule has 1 aliphatic carbocycles. The van der Waals surface area contributed by atoms with Gasteiger partial charge in [0.05, 0.1) is 6.10 Å². The minimum Gasteiger partial charge on any atom is -0.459 e. The fraction of sp³-hybridized carbons (Fsp3) is 0.765. The number of nitrogens with zero attached hydrogens (tertiary/aromatic N) is 1. The number of aryl methyl sites for hydroxylation is 1. The van der Waals surface area contributed by atoms with E-state index in [1.807, 2.05) is 53.7 Å². The number of hydrogen-bond donors (Lipinski definition) is 0. The van der Waals surface area contributed by atoms with Gasteiger partial charge in [0.25, 0.3) is 0 Å². The Morgan fingerprint density at radius 1 is 0.950 bits per heavy atom. The molecule has 40 heavy (non-hydrogen) atoms. The third-order valence-corrected chi connectivity index (χ3v) is 8.35. The summed E-state index contributed by atoms with van der Waals surface area (Å²) in [5.74, 6) is -1.69. The molecule has 0 bridgehead atoms. The Balaban J connectivity index is 1.73. The predicted octanol–water partition coefficient (Wildman–Crippen LogP) is 7.14. The van der Waals surface area contributed by atoms with Crippen molar-refractivity contribution in [1.82, 2.24) is 4.90 Å². The summed E-state index contributed by atoms with van der Waals surface area (Å²) in [6, 6.07) is 6.05. The van der Waals surface area contributed by atoms with Crippen LogP contribution in [0, 0.1) is 12.8 Å². The Kier molecular flexibility index (Phi) is 10.9. The highest BCUT2D eigenvalue weighted by atomic mass is 16.6. The Labute approximate surface area is 243 Å². The summed E-state index contributed by atoms with van der Waals surface area (Å²) in [7, 11) is 0. The van der Waals surface area contributed by atoms with Gasteiger partial charge in [-0.05, 0) is 137 Å². The van der Waals surface area contributed by atoms with Gasteiger partial charge >= 0.3 is 11.9 Å². The third kappa shape index (κ3) is 9.30. The van der Waals surface area contributed by atoms with Crippen LogP contribution in [-0.2, 0) is 30.2 Å². The molecule has 3 rings (SSSR count). The molecule has 0 atom stereocenters. The van der Waals surface area contributed by atoms with Crippen LogP contribution in [0.25, 0.3) is 0 Å². The van der Waals surface area contributed by atoms with E-state index < -0.39 is 29.1 Å². The van der Waals surface area contributed by atoms with E-state index in [0.717, 1.165) is 69.3 Å². The van der Waals surface area contributed by atoms with Crippen molar-refractivity contribution in [3.8, 4) is 0 Å². The molecule has 1 aromatic rings. The molecule has 226 valence electrons. The van der Waals surface area contributed by atoms with Gasteiger partial charge < -0.3 is 14.2 Å². The first kappa shape index (κ1) is 32.6. The van der Waals surface area contributed by atoms with E-state index in [9.17, 15) is 9.59 Å². The first-order chi connectivity index (χ1) is 18.6. The topological polar surface area (TPSA) is 65.1 Å². The summed E-state index contributed by atoms with van der Waals surface area (Å²) in [5.41, 5.74) is 1.75. The van der Waals surface area contributed by atoms with Crippen molar-refractivity contribution >= 4 is 11.9 Å². The summed E-state index contributed by atoms with van der Waals surface area (Å²) in [5, 5.41) is 0. The summed E-state index contributed by atoms with van der Waals surface area (Å²) in [6.07, 6.45) is 9.28. The third-order valence-electron chi connectivity index (χ3n) is 8.35. The van der Waals surface area contributed by atoms with Crippen molar-refractivity contribution in [3.63, 3.8) is 0 Å². The molecule has 1 saturated carbocycles. The lowest BCUT2D eigenvalue weighted by Gasteiger charge is -2.48. The molecule has 1 saturated heterocycles. The molecule has 2 aliphatic rings. The summed E-state index contributed by atoms with van der Waals surface area (Å²) >= 11 is 0. The molecule has 0 radical (unpaired) electrons. The first-order valence-corrected chi connectivity index (χ1v) is 15.5. The lowest BCUT2D eigenvalue weighted by atomic mass is 9.78. The fourth-order valence-electron chi connectivity index (χ4n) is 6.23. The van der Waals surface area contributed by atoms with E-state index in [1.165, 1.54) is 12.8 Å². The summed E-state index contributed by atoms with van der Waals surface area (Å²) in [4.78, 5) is 29.5. The van der Waals surface area contributed by atoms with Crippen molar-refractivity contribution in [3.05, 3.63) is 34.9 Å². The van der Waals surface area contributed by atoms with Gasteiger partial charge in [-0.25, -0.2) is 0 Å². The van der Waals surface area contributed by atoms with E-state index in [0.29, 0.717) is 17.6 Å². The molecule has 1 aromatic carbocycles. The zero-order valence-corrected chi connectivity index (χ0v) is 26.7. The smallest absolute Gasteiger partial charge is 0.325 e. The monoisotopic (exact) mass is 557 g/mol. The highest BCUT2D eigenvalue weighted by Crippen LogP contribution is 2.38. The van der Waals surface area contributed by atoms with E-state index in [2.05, 4.69) is 31.7 Å². The van der Waals surface area contributed by atoms with Crippen LogP contribution >= 0.6 is 0 Å². The molecule has 6 heteroatoms. The summed E-state index contributed by atoms with van der Waals surface area (Å²) in [6.45, 7) is 20.7. The standard InChI is InChI=1S/C34H55NO5/c1-10-21-38-27-13-17-34(9,18-14-27)35-19-15-25(16-20-35)23-26-22-24(2)11-12-28(26)29(30(36)39-32(3,4)5)31(37)40-33(6,7)8/h11-12,22,25,27,29H,10,13-21,23H2,1-9H3. The highest BCUT2D eigenvalue weighted by Gasteiger charge is 2.40. The van der Waals surface area contributed by atoms with Gasteiger partial charge in [-0.3, -0.25) is 14.5 Å². The molecular formula is C34H55NO5. The van der Waals surface area contributed by atoms with Crippen molar-refractivity contribution < 1.29 is 23.8 Å². The van der Waals surface area contributed by atoms with Crippen molar-refractivity contribution in [1.29, 1.82) is 0 Å². The lowest BCUT2D eigenvalue weighted by molar-refractivity contribution is -0.169. The van der Waals surface area contributed by atoms with Crippen molar-refractivity contribution in [2.75, 3.05) is 19.7 Å². The van der Waals surface area contributed by atoms with Crippen LogP contribution in [0.15, 0.2) is 18.2 Å². The number of carbonyl (C=O) groups is 2. The number of likely N-dealkylation sites (tertiary alicyclic amines) is 1. The fourth-order valence-corrected chi connectivity index (χ4v) is 6.23. The number of esters is 2. The van der Waals surface area contributed by atoms with E-state index >= 15 is 0 Å². The number of rotatable bonds is 9. The molecule has 0 aromatic heterocycles. The van der Waals surface area contributed by atoms with Crippen LogP contribution in [0.4, 0.5) is 0 Å². The van der Waals surface area contributed by atoms with Crippen LogP contribution in [0.5, 0.6) is 0 Å². The highest BCUT2D eigenvalue weighted by molar-refractivity contribution is 6.01. The van der Waals surface area contributed by atoms with Crippen LogP contribution in [0.3, 0.4) is 0 Å². The molecule has 6 nitrogen and oxygen atoms in total. The normalized spacial score (nSPS) is 23.3. The SMILES string of the molecule is CCCOC1CCC(C)(N2CCC(Cc3cc(C)ccc3C(C(=O)OC(C)(C)C)C(=O)OC(C)(C)C)CC2)CC1. The Hall–Kier alpha value is -1.92. The number of benzene rings is 1. The van der Waals surface area contributed by atoms with E-state index in [-0.39, 0.29) is 5.54 Å². The predicted molar refractivity (Wildman–Crippen MR) is 161 cm³/mol. The van der Waals surface area contributed by atoms with Gasteiger partial charge in [0.1, 0.15) is 11.2 Å². The average molecular weight is 558 g/mol. The van der Waals surface area contributed by atoms with E-state index in [4.69, 9.17) is 14.2 Å². The molecule has 0 amide bonds. The van der Waals surface area contributed by atoms with Crippen LogP contribution in [0.1, 0.15) is 123 Å². The van der Waals surface area contributed by atoms with Gasteiger partial charge in [0, 0.05) is 12.1 Å². The average Bonchev–Trinajstić information content (AvgIpc) is 2.83. The van der Waals surface area contributed by atoms with Crippen LogP contribution < -0.4 is 0 Å². The molecule has 0 N–H and O–H groups in total. The summed E-state index contributed by atoms with van der Waals surface area (Å²) < 4.78 is 17.5. The molecular weight excluding hydrogens is 502 g/mol. The van der Waals surface area contributed by atoms with Gasteiger partial charge in [-0.15, -0.1) is 0 Å². The largest absolute Gasteiger partial charge is 0.459 e.